The SMILES string of the molecule is O=[N+]([O-])c1cc(/C=N/O)ccc1Sc1ccccc1. The summed E-state index contributed by atoms with van der Waals surface area (Å²) in [6.07, 6.45) is 1.16. The van der Waals surface area contributed by atoms with E-state index in [1.807, 2.05) is 30.3 Å². The quantitative estimate of drug-likeness (QED) is 0.400. The van der Waals surface area contributed by atoms with Crippen molar-refractivity contribution in [1.82, 2.24) is 0 Å². The first-order valence-electron chi connectivity index (χ1n) is 5.39. The monoisotopic (exact) mass is 274 g/mol. The van der Waals surface area contributed by atoms with Gasteiger partial charge in [-0.1, -0.05) is 41.2 Å². The average Bonchev–Trinajstić information content (AvgIpc) is 2.42. The molecule has 0 aliphatic rings. The fourth-order valence-electron chi connectivity index (χ4n) is 1.53. The zero-order valence-corrected chi connectivity index (χ0v) is 10.6. The molecule has 0 saturated carbocycles. The third-order valence-electron chi connectivity index (χ3n) is 2.36. The molecule has 1 N–H and O–H groups in total. The number of nitro groups is 1. The van der Waals surface area contributed by atoms with Crippen molar-refractivity contribution in [3.8, 4) is 0 Å². The lowest BCUT2D eigenvalue weighted by Crippen LogP contribution is -1.93. The zero-order chi connectivity index (χ0) is 13.7. The van der Waals surface area contributed by atoms with Crippen molar-refractivity contribution < 1.29 is 10.1 Å². The second-order valence-electron chi connectivity index (χ2n) is 3.64. The van der Waals surface area contributed by atoms with E-state index in [-0.39, 0.29) is 5.69 Å². The minimum atomic E-state index is -0.444. The van der Waals surface area contributed by atoms with Gasteiger partial charge in [-0.2, -0.15) is 0 Å². The number of rotatable bonds is 4. The topological polar surface area (TPSA) is 75.7 Å². The molecule has 5 nitrogen and oxygen atoms in total. The second kappa shape index (κ2) is 6.01. The summed E-state index contributed by atoms with van der Waals surface area (Å²) in [5.74, 6) is 0. The van der Waals surface area contributed by atoms with Crippen molar-refractivity contribution in [3.63, 3.8) is 0 Å². The number of hydrogen-bond acceptors (Lipinski definition) is 5. The summed E-state index contributed by atoms with van der Waals surface area (Å²) in [6.45, 7) is 0. The van der Waals surface area contributed by atoms with Gasteiger partial charge in [-0.25, -0.2) is 0 Å². The molecule has 2 aromatic carbocycles. The van der Waals surface area contributed by atoms with Crippen LogP contribution in [0.4, 0.5) is 5.69 Å². The molecule has 19 heavy (non-hydrogen) atoms. The fourth-order valence-corrected chi connectivity index (χ4v) is 2.45. The number of hydrogen-bond donors (Lipinski definition) is 1. The molecular weight excluding hydrogens is 264 g/mol. The molecule has 0 aromatic heterocycles. The maximum Gasteiger partial charge on any atom is 0.283 e. The number of nitro benzene ring substituents is 1. The highest BCUT2D eigenvalue weighted by Crippen LogP contribution is 2.34. The van der Waals surface area contributed by atoms with Gasteiger partial charge in [0.2, 0.25) is 0 Å². The third-order valence-corrected chi connectivity index (χ3v) is 3.43. The van der Waals surface area contributed by atoms with Crippen molar-refractivity contribution >= 4 is 23.7 Å². The predicted octanol–water partition coefficient (Wildman–Crippen LogP) is 3.55. The van der Waals surface area contributed by atoms with Crippen molar-refractivity contribution in [2.24, 2.45) is 5.16 Å². The molecule has 0 atom stereocenters. The van der Waals surface area contributed by atoms with Crippen LogP contribution in [0.1, 0.15) is 5.56 Å². The molecule has 2 rings (SSSR count). The van der Waals surface area contributed by atoms with Gasteiger partial charge in [0.1, 0.15) is 0 Å². The zero-order valence-electron chi connectivity index (χ0n) is 9.76. The molecule has 6 heteroatoms. The van der Waals surface area contributed by atoms with E-state index in [0.29, 0.717) is 10.5 Å². The second-order valence-corrected chi connectivity index (χ2v) is 4.76. The third kappa shape index (κ3) is 3.32. The van der Waals surface area contributed by atoms with Crippen LogP contribution in [0.2, 0.25) is 0 Å². The Labute approximate surface area is 113 Å². The van der Waals surface area contributed by atoms with Crippen LogP contribution in [0.15, 0.2) is 63.5 Å². The highest BCUT2D eigenvalue weighted by Gasteiger charge is 2.15. The predicted molar refractivity (Wildman–Crippen MR) is 73.0 cm³/mol. The van der Waals surface area contributed by atoms with Crippen LogP contribution in [0.3, 0.4) is 0 Å². The lowest BCUT2D eigenvalue weighted by Gasteiger charge is -2.03. The molecule has 96 valence electrons. The Morgan fingerprint density at radius 1 is 1.21 bits per heavy atom. The Kier molecular flexibility index (Phi) is 4.15. The van der Waals surface area contributed by atoms with E-state index in [0.717, 1.165) is 11.1 Å². The molecule has 2 aromatic rings. The molecule has 0 unspecified atom stereocenters. The van der Waals surface area contributed by atoms with Crippen LogP contribution in [-0.2, 0) is 0 Å². The van der Waals surface area contributed by atoms with Gasteiger partial charge in [-0.3, -0.25) is 10.1 Å². The van der Waals surface area contributed by atoms with Crippen LogP contribution in [0.25, 0.3) is 0 Å². The van der Waals surface area contributed by atoms with Crippen LogP contribution in [0.5, 0.6) is 0 Å². The van der Waals surface area contributed by atoms with Gasteiger partial charge in [0.15, 0.2) is 0 Å². The van der Waals surface area contributed by atoms with Crippen LogP contribution in [0, 0.1) is 10.1 Å². The molecule has 0 aliphatic heterocycles. The van der Waals surface area contributed by atoms with Crippen LogP contribution < -0.4 is 0 Å². The Bertz CT molecular complexity index is 615. The lowest BCUT2D eigenvalue weighted by atomic mass is 10.2. The first kappa shape index (κ1) is 13.1. The van der Waals surface area contributed by atoms with E-state index in [1.165, 1.54) is 17.8 Å². The van der Waals surface area contributed by atoms with E-state index < -0.39 is 4.92 Å². The number of oxime groups is 1. The molecule has 0 amide bonds. The molecule has 0 bridgehead atoms. The van der Waals surface area contributed by atoms with E-state index in [9.17, 15) is 10.1 Å². The van der Waals surface area contributed by atoms with Crippen LogP contribution >= 0.6 is 11.8 Å². The van der Waals surface area contributed by atoms with E-state index in [4.69, 9.17) is 5.21 Å². The standard InChI is InChI=1S/C13H10N2O3S/c16-14-9-10-6-7-13(12(8-10)15(17)18)19-11-4-2-1-3-5-11/h1-9,16H/b14-9+. The molecular formula is C13H10N2O3S. The Balaban J connectivity index is 2.37. The minimum Gasteiger partial charge on any atom is -0.411 e. The van der Waals surface area contributed by atoms with Gasteiger partial charge in [0.05, 0.1) is 16.0 Å². The summed E-state index contributed by atoms with van der Waals surface area (Å²) in [5.41, 5.74) is 0.470. The largest absolute Gasteiger partial charge is 0.411 e. The normalized spacial score (nSPS) is 10.7. The van der Waals surface area contributed by atoms with Gasteiger partial charge < -0.3 is 5.21 Å². The first-order chi connectivity index (χ1) is 9.20. The van der Waals surface area contributed by atoms with Crippen molar-refractivity contribution in [2.75, 3.05) is 0 Å². The Hall–Kier alpha value is -2.34. The molecule has 0 spiro atoms. The minimum absolute atomic E-state index is 0.00810. The van der Waals surface area contributed by atoms with E-state index in [1.54, 1.807) is 12.1 Å². The maximum absolute atomic E-state index is 11.1. The molecule has 0 heterocycles. The van der Waals surface area contributed by atoms with E-state index >= 15 is 0 Å². The maximum atomic E-state index is 11.1. The summed E-state index contributed by atoms with van der Waals surface area (Å²) in [7, 11) is 0. The Morgan fingerprint density at radius 3 is 2.58 bits per heavy atom. The summed E-state index contributed by atoms with van der Waals surface area (Å²) < 4.78 is 0. The number of benzene rings is 2. The molecule has 0 saturated heterocycles. The smallest absolute Gasteiger partial charge is 0.283 e. The number of nitrogens with zero attached hydrogens (tertiary/aromatic N) is 2. The van der Waals surface area contributed by atoms with Crippen molar-refractivity contribution in [2.45, 2.75) is 9.79 Å². The highest BCUT2D eigenvalue weighted by atomic mass is 32.2. The highest BCUT2D eigenvalue weighted by molar-refractivity contribution is 7.99. The van der Waals surface area contributed by atoms with Gasteiger partial charge in [0.25, 0.3) is 5.69 Å². The Morgan fingerprint density at radius 2 is 1.95 bits per heavy atom. The van der Waals surface area contributed by atoms with Crippen LogP contribution in [-0.4, -0.2) is 16.3 Å². The summed E-state index contributed by atoms with van der Waals surface area (Å²) >= 11 is 1.32. The summed E-state index contributed by atoms with van der Waals surface area (Å²) in [5, 5.41) is 22.4. The van der Waals surface area contributed by atoms with Crippen molar-refractivity contribution in [1.29, 1.82) is 0 Å². The lowest BCUT2D eigenvalue weighted by molar-refractivity contribution is -0.387. The summed E-state index contributed by atoms with van der Waals surface area (Å²) in [6, 6.07) is 14.1. The molecule has 0 aliphatic carbocycles. The van der Waals surface area contributed by atoms with Crippen molar-refractivity contribution in [3.05, 3.63) is 64.2 Å². The molecule has 0 radical (unpaired) electrons. The fraction of sp³-hybridized carbons (Fsp3) is 0. The summed E-state index contributed by atoms with van der Waals surface area (Å²) in [4.78, 5) is 12.1. The van der Waals surface area contributed by atoms with Gasteiger partial charge in [-0.05, 0) is 18.2 Å². The first-order valence-corrected chi connectivity index (χ1v) is 6.21. The van der Waals surface area contributed by atoms with Gasteiger partial charge >= 0.3 is 0 Å². The average molecular weight is 274 g/mol. The van der Waals surface area contributed by atoms with Gasteiger partial charge in [0, 0.05) is 16.5 Å². The van der Waals surface area contributed by atoms with E-state index in [2.05, 4.69) is 5.16 Å². The van der Waals surface area contributed by atoms with Gasteiger partial charge in [-0.15, -0.1) is 0 Å². The molecule has 0 fully saturated rings.